The van der Waals surface area contributed by atoms with Crippen LogP contribution in [-0.2, 0) is 6.42 Å². The van der Waals surface area contributed by atoms with Crippen molar-refractivity contribution in [3.05, 3.63) is 35.9 Å². The Labute approximate surface area is 124 Å². The van der Waals surface area contributed by atoms with Crippen molar-refractivity contribution in [3.63, 3.8) is 0 Å². The van der Waals surface area contributed by atoms with E-state index in [0.29, 0.717) is 18.0 Å². The van der Waals surface area contributed by atoms with Crippen LogP contribution in [0, 0.1) is 11.8 Å². The van der Waals surface area contributed by atoms with Crippen molar-refractivity contribution < 1.29 is 0 Å². The topological polar surface area (TPSA) is 15.3 Å². The molecule has 2 rings (SSSR count). The SMILES string of the molecule is CC(C)CN1CC(C(C)C)NCC1Cc1ccccc1. The highest BCUT2D eigenvalue weighted by Crippen LogP contribution is 2.18. The van der Waals surface area contributed by atoms with Crippen LogP contribution in [0.3, 0.4) is 0 Å². The largest absolute Gasteiger partial charge is 0.311 e. The van der Waals surface area contributed by atoms with Crippen LogP contribution in [0.1, 0.15) is 33.3 Å². The summed E-state index contributed by atoms with van der Waals surface area (Å²) in [5.74, 6) is 1.45. The first-order valence-corrected chi connectivity index (χ1v) is 8.07. The van der Waals surface area contributed by atoms with Gasteiger partial charge in [0.15, 0.2) is 0 Å². The highest BCUT2D eigenvalue weighted by molar-refractivity contribution is 5.16. The second-order valence-corrected chi connectivity index (χ2v) is 6.95. The van der Waals surface area contributed by atoms with Crippen LogP contribution < -0.4 is 5.32 Å². The molecule has 2 heteroatoms. The molecule has 20 heavy (non-hydrogen) atoms. The minimum absolute atomic E-state index is 0.634. The van der Waals surface area contributed by atoms with E-state index in [1.165, 1.54) is 18.7 Å². The molecule has 112 valence electrons. The summed E-state index contributed by atoms with van der Waals surface area (Å²) in [4.78, 5) is 2.71. The lowest BCUT2D eigenvalue weighted by atomic mass is 9.95. The zero-order chi connectivity index (χ0) is 14.5. The van der Waals surface area contributed by atoms with Gasteiger partial charge in [0.25, 0.3) is 0 Å². The minimum Gasteiger partial charge on any atom is -0.311 e. The van der Waals surface area contributed by atoms with Crippen LogP contribution in [0.25, 0.3) is 0 Å². The van der Waals surface area contributed by atoms with E-state index in [1.54, 1.807) is 0 Å². The maximum absolute atomic E-state index is 3.75. The Morgan fingerprint density at radius 3 is 2.45 bits per heavy atom. The van der Waals surface area contributed by atoms with Gasteiger partial charge in [-0.05, 0) is 23.8 Å². The average molecular weight is 274 g/mol. The van der Waals surface area contributed by atoms with Crippen molar-refractivity contribution in [1.82, 2.24) is 10.2 Å². The fourth-order valence-electron chi connectivity index (χ4n) is 3.11. The lowest BCUT2D eigenvalue weighted by Gasteiger charge is -2.42. The maximum Gasteiger partial charge on any atom is 0.0261 e. The summed E-state index contributed by atoms with van der Waals surface area (Å²) in [6, 6.07) is 12.2. The Kier molecular flexibility index (Phi) is 5.62. The molecule has 1 heterocycles. The van der Waals surface area contributed by atoms with Gasteiger partial charge in [0, 0.05) is 31.7 Å². The summed E-state index contributed by atoms with van der Waals surface area (Å²) in [6.45, 7) is 12.8. The molecule has 2 unspecified atom stereocenters. The van der Waals surface area contributed by atoms with E-state index in [0.717, 1.165) is 18.9 Å². The van der Waals surface area contributed by atoms with Crippen LogP contribution >= 0.6 is 0 Å². The monoisotopic (exact) mass is 274 g/mol. The number of piperazine rings is 1. The molecule has 1 N–H and O–H groups in total. The molecule has 0 bridgehead atoms. The fraction of sp³-hybridized carbons (Fsp3) is 0.667. The van der Waals surface area contributed by atoms with Crippen LogP contribution in [0.5, 0.6) is 0 Å². The van der Waals surface area contributed by atoms with E-state index < -0.39 is 0 Å². The van der Waals surface area contributed by atoms with Gasteiger partial charge >= 0.3 is 0 Å². The second kappa shape index (κ2) is 7.24. The Bertz CT molecular complexity index is 386. The normalized spacial score (nSPS) is 24.5. The van der Waals surface area contributed by atoms with E-state index in [1.807, 2.05) is 0 Å². The molecular weight excluding hydrogens is 244 g/mol. The average Bonchev–Trinajstić information content (AvgIpc) is 2.41. The standard InChI is InChI=1S/C18H30N2/c1-14(2)12-20-13-18(15(3)4)19-11-17(20)10-16-8-6-5-7-9-16/h5-9,14-15,17-19H,10-13H2,1-4H3. The van der Waals surface area contributed by atoms with Gasteiger partial charge in [-0.25, -0.2) is 0 Å². The van der Waals surface area contributed by atoms with Crippen molar-refractivity contribution in [2.24, 2.45) is 11.8 Å². The summed E-state index contributed by atoms with van der Waals surface area (Å²) < 4.78 is 0. The third kappa shape index (κ3) is 4.32. The molecule has 1 aromatic carbocycles. The van der Waals surface area contributed by atoms with E-state index in [2.05, 4.69) is 68.2 Å². The Morgan fingerprint density at radius 1 is 1.15 bits per heavy atom. The zero-order valence-electron chi connectivity index (χ0n) is 13.5. The van der Waals surface area contributed by atoms with Crippen LogP contribution in [-0.4, -0.2) is 36.6 Å². The van der Waals surface area contributed by atoms with Crippen molar-refractivity contribution in [2.75, 3.05) is 19.6 Å². The molecule has 2 nitrogen and oxygen atoms in total. The van der Waals surface area contributed by atoms with Gasteiger partial charge in [0.1, 0.15) is 0 Å². The number of benzene rings is 1. The summed E-state index contributed by atoms with van der Waals surface area (Å²) in [5, 5.41) is 3.75. The number of nitrogens with one attached hydrogen (secondary N) is 1. The highest BCUT2D eigenvalue weighted by Gasteiger charge is 2.29. The molecule has 0 spiro atoms. The number of hydrogen-bond donors (Lipinski definition) is 1. The first-order valence-electron chi connectivity index (χ1n) is 8.07. The first-order chi connectivity index (χ1) is 9.56. The van der Waals surface area contributed by atoms with Gasteiger partial charge in [-0.3, -0.25) is 4.90 Å². The third-order valence-electron chi connectivity index (χ3n) is 4.28. The number of nitrogens with zero attached hydrogens (tertiary/aromatic N) is 1. The van der Waals surface area contributed by atoms with Crippen LogP contribution in [0.2, 0.25) is 0 Å². The van der Waals surface area contributed by atoms with Crippen molar-refractivity contribution >= 4 is 0 Å². The van der Waals surface area contributed by atoms with Crippen molar-refractivity contribution in [2.45, 2.75) is 46.2 Å². The van der Waals surface area contributed by atoms with Gasteiger partial charge in [0.2, 0.25) is 0 Å². The van der Waals surface area contributed by atoms with Gasteiger partial charge in [-0.2, -0.15) is 0 Å². The summed E-state index contributed by atoms with van der Waals surface area (Å²) in [5.41, 5.74) is 1.45. The molecule has 1 aromatic rings. The Morgan fingerprint density at radius 2 is 1.85 bits per heavy atom. The van der Waals surface area contributed by atoms with E-state index in [4.69, 9.17) is 0 Å². The molecule has 0 aromatic heterocycles. The molecule has 0 aliphatic carbocycles. The number of rotatable bonds is 5. The predicted molar refractivity (Wildman–Crippen MR) is 87.0 cm³/mol. The van der Waals surface area contributed by atoms with E-state index in [-0.39, 0.29) is 0 Å². The molecule has 1 fully saturated rings. The van der Waals surface area contributed by atoms with Gasteiger partial charge in [-0.15, -0.1) is 0 Å². The first kappa shape index (κ1) is 15.5. The van der Waals surface area contributed by atoms with Crippen LogP contribution in [0.15, 0.2) is 30.3 Å². The van der Waals surface area contributed by atoms with Crippen molar-refractivity contribution in [3.8, 4) is 0 Å². The molecule has 1 aliphatic heterocycles. The third-order valence-corrected chi connectivity index (χ3v) is 4.28. The number of hydrogen-bond acceptors (Lipinski definition) is 2. The quantitative estimate of drug-likeness (QED) is 0.887. The molecular formula is C18H30N2. The fourth-order valence-corrected chi connectivity index (χ4v) is 3.11. The van der Waals surface area contributed by atoms with Gasteiger partial charge in [-0.1, -0.05) is 58.0 Å². The molecule has 0 amide bonds. The Balaban J connectivity index is 2.02. The van der Waals surface area contributed by atoms with E-state index in [9.17, 15) is 0 Å². The molecule has 0 radical (unpaired) electrons. The van der Waals surface area contributed by atoms with E-state index >= 15 is 0 Å². The highest BCUT2D eigenvalue weighted by atomic mass is 15.2. The molecule has 1 aliphatic rings. The van der Waals surface area contributed by atoms with Crippen molar-refractivity contribution in [1.29, 1.82) is 0 Å². The molecule has 1 saturated heterocycles. The van der Waals surface area contributed by atoms with Gasteiger partial charge in [0.05, 0.1) is 0 Å². The summed E-state index contributed by atoms with van der Waals surface area (Å²) in [7, 11) is 0. The minimum atomic E-state index is 0.634. The lowest BCUT2D eigenvalue weighted by molar-refractivity contribution is 0.100. The Hall–Kier alpha value is -0.860. The summed E-state index contributed by atoms with van der Waals surface area (Å²) >= 11 is 0. The van der Waals surface area contributed by atoms with Gasteiger partial charge < -0.3 is 5.32 Å². The smallest absolute Gasteiger partial charge is 0.0261 e. The predicted octanol–water partition coefficient (Wildman–Crippen LogP) is 3.18. The molecule has 2 atom stereocenters. The maximum atomic E-state index is 3.75. The second-order valence-electron chi connectivity index (χ2n) is 6.95. The lowest BCUT2D eigenvalue weighted by Crippen LogP contribution is -2.59. The van der Waals surface area contributed by atoms with Crippen LogP contribution in [0.4, 0.5) is 0 Å². The zero-order valence-corrected chi connectivity index (χ0v) is 13.5. The molecule has 0 saturated carbocycles. The summed E-state index contributed by atoms with van der Waals surface area (Å²) in [6.07, 6.45) is 1.16.